The number of pyridine rings is 2. The summed E-state index contributed by atoms with van der Waals surface area (Å²) in [5, 5.41) is 5.64. The molecule has 9 aromatic rings. The normalized spacial score (nSPS) is 15.6. The number of aromatic nitrogens is 2. The van der Waals surface area contributed by atoms with Crippen LogP contribution in [0.3, 0.4) is 0 Å². The van der Waals surface area contributed by atoms with E-state index < -0.39 is 49.4 Å². The molecule has 4 aliphatic heterocycles. The third-order valence-electron chi connectivity index (χ3n) is 17.3. The van der Waals surface area contributed by atoms with Gasteiger partial charge in [0.1, 0.15) is 34.7 Å². The summed E-state index contributed by atoms with van der Waals surface area (Å²) in [6.07, 6.45) is 3.02. The van der Waals surface area contributed by atoms with E-state index in [-0.39, 0.29) is 79.3 Å². The van der Waals surface area contributed by atoms with Crippen molar-refractivity contribution in [1.82, 2.24) is 18.6 Å². The highest BCUT2D eigenvalue weighted by molar-refractivity contribution is 7.89. The molecule has 2 fully saturated rings. The van der Waals surface area contributed by atoms with Crippen LogP contribution in [0, 0.1) is 18.6 Å². The molecule has 93 heavy (non-hydrogen) atoms. The number of para-hydroxylation sites is 4. The molecule has 0 bridgehead atoms. The third kappa shape index (κ3) is 12.8. The second-order valence-electron chi connectivity index (χ2n) is 23.3. The van der Waals surface area contributed by atoms with Crippen molar-refractivity contribution in [2.24, 2.45) is 0 Å². The van der Waals surface area contributed by atoms with Crippen LogP contribution in [0.25, 0.3) is 20.9 Å². The van der Waals surface area contributed by atoms with Crippen LogP contribution in [0.1, 0.15) is 81.0 Å². The minimum absolute atomic E-state index is 0.0467. The van der Waals surface area contributed by atoms with Gasteiger partial charge in [0.2, 0.25) is 20.0 Å². The number of benzene rings is 5. The van der Waals surface area contributed by atoms with Crippen molar-refractivity contribution >= 4 is 101 Å². The van der Waals surface area contributed by atoms with Gasteiger partial charge in [-0.25, -0.2) is 39.9 Å². The quantitative estimate of drug-likeness (QED) is 0.111. The highest BCUT2D eigenvalue weighted by atomic mass is 32.2. The van der Waals surface area contributed by atoms with Crippen molar-refractivity contribution in [2.75, 3.05) is 102 Å². The van der Waals surface area contributed by atoms with E-state index in [1.165, 1.54) is 49.7 Å². The second-order valence-corrected chi connectivity index (χ2v) is 29.3. The zero-order valence-corrected chi connectivity index (χ0v) is 54.1. The van der Waals surface area contributed by atoms with Crippen molar-refractivity contribution in [3.63, 3.8) is 0 Å². The number of carbonyl (C=O) groups excluding carboxylic acids is 4. The van der Waals surface area contributed by atoms with Gasteiger partial charge < -0.3 is 30.2 Å². The van der Waals surface area contributed by atoms with Gasteiger partial charge in [-0.15, -0.1) is 22.7 Å². The first-order chi connectivity index (χ1) is 44.9. The molecule has 0 aliphatic carbocycles. The lowest BCUT2D eigenvalue weighted by Crippen LogP contribution is -2.36. The van der Waals surface area contributed by atoms with Gasteiger partial charge in [-0.3, -0.25) is 19.2 Å². The minimum Gasteiger partial charge on any atom is -0.355 e. The molecule has 4 aliphatic rings. The Kier molecular flexibility index (Phi) is 17.7. The Bertz CT molecular complexity index is 4640. The van der Waals surface area contributed by atoms with Crippen molar-refractivity contribution in [2.45, 2.75) is 43.9 Å². The number of halogens is 2. The molecule has 0 unspecified atom stereocenters. The minimum atomic E-state index is -3.69. The van der Waals surface area contributed by atoms with Crippen LogP contribution in [-0.4, -0.2) is 131 Å². The Balaban J connectivity index is 0.743. The molecular weight excluding hydrogens is 1260 g/mol. The van der Waals surface area contributed by atoms with Gasteiger partial charge in [0.25, 0.3) is 23.6 Å². The van der Waals surface area contributed by atoms with Crippen molar-refractivity contribution in [1.29, 1.82) is 0 Å². The van der Waals surface area contributed by atoms with Crippen LogP contribution < -0.4 is 30.2 Å². The largest absolute Gasteiger partial charge is 0.355 e. The number of anilines is 6. The monoisotopic (exact) mass is 1330 g/mol. The van der Waals surface area contributed by atoms with Gasteiger partial charge in [0.15, 0.2) is 0 Å². The van der Waals surface area contributed by atoms with Crippen LogP contribution in [0.15, 0.2) is 163 Å². The number of carbonyl (C=O) groups is 4. The number of nitrogens with zero attached hydrogens (tertiary/aromatic N) is 8. The predicted octanol–water partition coefficient (Wildman–Crippen LogP) is 11.4. The van der Waals surface area contributed by atoms with E-state index in [2.05, 4.69) is 10.6 Å². The number of rotatable bonds is 13. The molecule has 2 saturated heterocycles. The summed E-state index contributed by atoms with van der Waals surface area (Å²) in [5.74, 6) is -1.96. The van der Waals surface area contributed by atoms with E-state index in [1.54, 1.807) is 108 Å². The van der Waals surface area contributed by atoms with E-state index in [9.17, 15) is 35.6 Å². The zero-order chi connectivity index (χ0) is 64.7. The Morgan fingerprint density at radius 1 is 0.516 bits per heavy atom. The molecule has 13 rings (SSSR count). The molecule has 24 heteroatoms. The first kappa shape index (κ1) is 62.8. The van der Waals surface area contributed by atoms with E-state index in [1.807, 2.05) is 64.4 Å². The molecule has 0 saturated carbocycles. The van der Waals surface area contributed by atoms with Crippen LogP contribution in [0.2, 0.25) is 0 Å². The molecule has 5 aromatic carbocycles. The number of aryl methyl sites for hydroxylation is 1. The van der Waals surface area contributed by atoms with Crippen LogP contribution in [0.5, 0.6) is 0 Å². The molecule has 0 radical (unpaired) electrons. The lowest BCUT2D eigenvalue weighted by Gasteiger charge is -2.27. The number of fused-ring (bicyclic) bond motifs is 6. The summed E-state index contributed by atoms with van der Waals surface area (Å²) in [6, 6.07) is 44.7. The number of nitrogens with one attached hydrogen (secondary N) is 2. The molecule has 8 heterocycles. The van der Waals surface area contributed by atoms with Crippen molar-refractivity contribution in [3.8, 4) is 20.9 Å². The third-order valence-corrected chi connectivity index (χ3v) is 23.0. The zero-order valence-electron chi connectivity index (χ0n) is 50.9. The topological polar surface area (TPSA) is 206 Å². The maximum absolute atomic E-state index is 16.4. The van der Waals surface area contributed by atoms with Gasteiger partial charge in [-0.2, -0.15) is 4.31 Å². The summed E-state index contributed by atoms with van der Waals surface area (Å²) in [5.41, 5.74) is 6.38. The maximum atomic E-state index is 16.4. The number of sulfonamides is 2. The highest BCUT2D eigenvalue weighted by Gasteiger charge is 2.34. The average molecular weight is 1330 g/mol. The number of thiophene rings is 2. The molecule has 4 aromatic heterocycles. The van der Waals surface area contributed by atoms with E-state index in [0.717, 1.165) is 32.0 Å². The SMILES string of the molecule is Cc1cccc(F)c1NC(=O)c1cc2c(s1)-c1ccccc1N(C(=O)c1ccc(Cc3cccc(F)c3NC(=O)c3cc4c(s3)-c3ccccc3N(C(=O)c3cccc(N5CCCN(S(=O)(=O)c6ccccc6)CC5)n3)CC4)c(N3CCCN(S(C)(=O)=O)CC3)n1)CC2. The Hall–Kier alpha value is -9.04. The highest BCUT2D eigenvalue weighted by Crippen LogP contribution is 2.44. The van der Waals surface area contributed by atoms with Crippen LogP contribution in [0.4, 0.5) is 43.2 Å². The molecule has 0 spiro atoms. The molecular formula is C69H64F2N10O8S4. The Morgan fingerprint density at radius 2 is 1.05 bits per heavy atom. The number of hydrogen-bond acceptors (Lipinski definition) is 14. The summed E-state index contributed by atoms with van der Waals surface area (Å²) in [4.78, 5) is 77.7. The van der Waals surface area contributed by atoms with Gasteiger partial charge in [-0.05, 0) is 127 Å². The van der Waals surface area contributed by atoms with Gasteiger partial charge in [0, 0.05) is 92.7 Å². The molecule has 0 atom stereocenters. The predicted molar refractivity (Wildman–Crippen MR) is 360 cm³/mol. The molecule has 18 nitrogen and oxygen atoms in total. The first-order valence-corrected chi connectivity index (χ1v) is 35.5. The van der Waals surface area contributed by atoms with Gasteiger partial charge >= 0.3 is 0 Å². The van der Waals surface area contributed by atoms with E-state index in [0.29, 0.717) is 101 Å². The number of hydrogen-bond donors (Lipinski definition) is 2. The lowest BCUT2D eigenvalue weighted by molar-refractivity contribution is 0.0975. The fourth-order valence-corrected chi connectivity index (χ4v) is 17.2. The van der Waals surface area contributed by atoms with Gasteiger partial charge in [0.05, 0.1) is 43.7 Å². The lowest BCUT2D eigenvalue weighted by atomic mass is 10.0. The number of amides is 4. The molecule has 4 amide bonds. The fourth-order valence-electron chi connectivity index (χ4n) is 12.6. The van der Waals surface area contributed by atoms with E-state index >= 15 is 9.18 Å². The van der Waals surface area contributed by atoms with Crippen LogP contribution >= 0.6 is 22.7 Å². The van der Waals surface area contributed by atoms with Crippen molar-refractivity contribution < 1.29 is 44.8 Å². The summed E-state index contributed by atoms with van der Waals surface area (Å²) in [6.45, 7) is 4.79. The molecule has 2 N–H and O–H groups in total. The second kappa shape index (κ2) is 26.2. The average Bonchev–Trinajstić information content (AvgIpc) is 1.69. The molecule has 476 valence electrons. The summed E-state index contributed by atoms with van der Waals surface area (Å²) >= 11 is 2.50. The van der Waals surface area contributed by atoms with Crippen LogP contribution in [-0.2, 0) is 39.3 Å². The van der Waals surface area contributed by atoms with E-state index in [4.69, 9.17) is 9.97 Å². The standard InChI is InChI=1S/C69H64F2N10O8S4/c1-44-15-10-21-52(70)61(44)74-66(82)58-42-46-30-36-81(57-25-9-7-20-51(57)63(46)90-58)69(85)55-28-27-48(65(73-55)77-32-14-33-78(39-38-77)92(2,86)87)41-45-16-11-22-53(71)62(45)75-67(83)59-43-47-29-35-80(56-24-8-6-19-50(56)64(47)91-59)68(84)54-23-12-26-60(72-54)76-31-13-34-79(40-37-76)93(88,89)49-17-4-3-5-18-49/h3-12,15-28,42-43H,13-14,29-41H2,1-2H3,(H,74,82)(H,75,83). The smallest absolute Gasteiger partial charge is 0.276 e. The van der Waals surface area contributed by atoms with Crippen molar-refractivity contribution in [3.05, 3.63) is 218 Å². The Labute approximate surface area is 545 Å². The first-order valence-electron chi connectivity index (χ1n) is 30.6. The maximum Gasteiger partial charge on any atom is 0.276 e. The summed E-state index contributed by atoms with van der Waals surface area (Å²) in [7, 11) is -7.24. The van der Waals surface area contributed by atoms with Gasteiger partial charge in [-0.1, -0.05) is 91.0 Å². The Morgan fingerprint density at radius 3 is 1.69 bits per heavy atom. The fraction of sp³-hybridized carbons (Fsp3) is 0.246. The summed E-state index contributed by atoms with van der Waals surface area (Å²) < 4.78 is 86.8.